The number of aromatic nitrogens is 3. The Morgan fingerprint density at radius 3 is 2.76 bits per heavy atom. The fourth-order valence-corrected chi connectivity index (χ4v) is 4.88. The third-order valence-electron chi connectivity index (χ3n) is 5.66. The molecule has 0 aromatic carbocycles. The van der Waals surface area contributed by atoms with Crippen LogP contribution in [-0.2, 0) is 19.4 Å². The monoisotopic (exact) mass is 529 g/mol. The van der Waals surface area contributed by atoms with E-state index in [2.05, 4.69) is 52.4 Å². The first-order valence-corrected chi connectivity index (χ1v) is 11.4. The van der Waals surface area contributed by atoms with E-state index >= 15 is 0 Å². The molecule has 2 aromatic heterocycles. The molecular formula is C20H32IN7S. The van der Waals surface area contributed by atoms with Crippen LogP contribution in [0.1, 0.15) is 37.3 Å². The number of hydrogen-bond donors (Lipinski definition) is 1. The number of aryl methyl sites for hydroxylation is 2. The molecule has 1 fully saturated rings. The molecule has 0 spiro atoms. The van der Waals surface area contributed by atoms with E-state index in [9.17, 15) is 0 Å². The fraction of sp³-hybridized carbons (Fsp3) is 0.650. The molecule has 4 rings (SSSR count). The Morgan fingerprint density at radius 2 is 2.00 bits per heavy atom. The second-order valence-corrected chi connectivity index (χ2v) is 8.42. The summed E-state index contributed by atoms with van der Waals surface area (Å²) in [5.74, 6) is 3.35. The van der Waals surface area contributed by atoms with Crippen molar-refractivity contribution in [2.45, 2.75) is 45.1 Å². The molecule has 0 atom stereocenters. The summed E-state index contributed by atoms with van der Waals surface area (Å²) < 4.78 is 2.35. The van der Waals surface area contributed by atoms with Crippen LogP contribution in [0, 0.1) is 0 Å². The molecule has 0 unspecified atom stereocenters. The van der Waals surface area contributed by atoms with Gasteiger partial charge in [0.05, 0.1) is 5.00 Å². The lowest BCUT2D eigenvalue weighted by Crippen LogP contribution is -2.52. The summed E-state index contributed by atoms with van der Waals surface area (Å²) in [5, 5.41) is 15.9. The molecule has 1 N–H and O–H groups in total. The molecule has 29 heavy (non-hydrogen) atoms. The van der Waals surface area contributed by atoms with Gasteiger partial charge in [-0.3, -0.25) is 4.99 Å². The topological polar surface area (TPSA) is 61.6 Å². The lowest BCUT2D eigenvalue weighted by atomic mass is 10.2. The maximum Gasteiger partial charge on any atom is 0.193 e. The zero-order valence-electron chi connectivity index (χ0n) is 17.2. The van der Waals surface area contributed by atoms with Crippen molar-refractivity contribution in [1.29, 1.82) is 0 Å². The van der Waals surface area contributed by atoms with E-state index in [-0.39, 0.29) is 24.0 Å². The van der Waals surface area contributed by atoms with Gasteiger partial charge in [0.25, 0.3) is 0 Å². The molecule has 0 aliphatic carbocycles. The van der Waals surface area contributed by atoms with Crippen molar-refractivity contribution in [3.05, 3.63) is 29.2 Å². The third kappa shape index (κ3) is 5.62. The normalized spacial score (nSPS) is 17.5. The molecule has 4 heterocycles. The molecule has 0 radical (unpaired) electrons. The van der Waals surface area contributed by atoms with Crippen molar-refractivity contribution in [2.24, 2.45) is 4.99 Å². The summed E-state index contributed by atoms with van der Waals surface area (Å²) >= 11 is 1.82. The van der Waals surface area contributed by atoms with Crippen LogP contribution < -0.4 is 10.2 Å². The van der Waals surface area contributed by atoms with Crippen molar-refractivity contribution in [1.82, 2.24) is 25.0 Å². The fourth-order valence-electron chi connectivity index (χ4n) is 4.10. The van der Waals surface area contributed by atoms with Gasteiger partial charge in [-0.05, 0) is 36.8 Å². The number of fused-ring (bicyclic) bond motifs is 1. The Labute approximate surface area is 194 Å². The van der Waals surface area contributed by atoms with E-state index in [0.29, 0.717) is 0 Å². The highest BCUT2D eigenvalue weighted by molar-refractivity contribution is 14.0. The molecule has 160 valence electrons. The number of aliphatic imine (C=N–C) groups is 1. The standard InChI is InChI=1S/C20H31N7S.HI/c1-21-20(26-14-12-25(13-15-26)19-9-6-16-28-19)22-10-5-8-18-24-23-17-7-3-2-4-11-27(17)18;/h6,9,16H,2-5,7-8,10-15H2,1H3,(H,21,22);1H. The molecule has 0 bridgehead atoms. The number of halogens is 1. The van der Waals surface area contributed by atoms with Crippen molar-refractivity contribution >= 4 is 46.3 Å². The summed E-state index contributed by atoms with van der Waals surface area (Å²) in [6.07, 6.45) is 6.90. The summed E-state index contributed by atoms with van der Waals surface area (Å²) in [4.78, 5) is 9.33. The predicted octanol–water partition coefficient (Wildman–Crippen LogP) is 3.01. The molecule has 2 aliphatic rings. The summed E-state index contributed by atoms with van der Waals surface area (Å²) in [5.41, 5.74) is 0. The minimum absolute atomic E-state index is 0. The highest BCUT2D eigenvalue weighted by Gasteiger charge is 2.20. The van der Waals surface area contributed by atoms with Gasteiger partial charge in [-0.1, -0.05) is 6.42 Å². The van der Waals surface area contributed by atoms with Crippen molar-refractivity contribution in [2.75, 3.05) is 44.7 Å². The van der Waals surface area contributed by atoms with Gasteiger partial charge in [0.2, 0.25) is 0 Å². The SMILES string of the molecule is CN=C(NCCCc1nnc2n1CCCCC2)N1CCN(c2cccs2)CC1.I. The molecule has 0 saturated carbocycles. The van der Waals surface area contributed by atoms with Gasteiger partial charge in [0.15, 0.2) is 5.96 Å². The first-order chi connectivity index (χ1) is 13.8. The predicted molar refractivity (Wildman–Crippen MR) is 131 cm³/mol. The average molecular weight is 529 g/mol. The van der Waals surface area contributed by atoms with E-state index in [1.165, 1.54) is 30.1 Å². The maximum atomic E-state index is 4.50. The number of nitrogens with one attached hydrogen (secondary N) is 1. The van der Waals surface area contributed by atoms with Crippen LogP contribution >= 0.6 is 35.3 Å². The maximum absolute atomic E-state index is 4.50. The quantitative estimate of drug-likeness (QED) is 0.279. The number of rotatable bonds is 5. The van der Waals surface area contributed by atoms with Crippen LogP contribution in [0.4, 0.5) is 5.00 Å². The third-order valence-corrected chi connectivity index (χ3v) is 6.58. The van der Waals surface area contributed by atoms with Crippen molar-refractivity contribution in [3.63, 3.8) is 0 Å². The Balaban J connectivity index is 0.00000240. The highest BCUT2D eigenvalue weighted by Crippen LogP contribution is 2.22. The number of hydrogen-bond acceptors (Lipinski definition) is 5. The van der Waals surface area contributed by atoms with Gasteiger partial charge in [-0.2, -0.15) is 0 Å². The summed E-state index contributed by atoms with van der Waals surface area (Å²) in [6, 6.07) is 4.33. The van der Waals surface area contributed by atoms with Crippen LogP contribution in [0.5, 0.6) is 0 Å². The molecule has 7 nitrogen and oxygen atoms in total. The van der Waals surface area contributed by atoms with Crippen molar-refractivity contribution < 1.29 is 0 Å². The summed E-state index contributed by atoms with van der Waals surface area (Å²) in [7, 11) is 1.88. The summed E-state index contributed by atoms with van der Waals surface area (Å²) in [6.45, 7) is 6.12. The van der Waals surface area contributed by atoms with Crippen molar-refractivity contribution in [3.8, 4) is 0 Å². The lowest BCUT2D eigenvalue weighted by molar-refractivity contribution is 0.373. The van der Waals surface area contributed by atoms with Gasteiger partial charge in [0, 0.05) is 59.2 Å². The Hall–Kier alpha value is -1.36. The Morgan fingerprint density at radius 1 is 1.14 bits per heavy atom. The van der Waals surface area contributed by atoms with E-state index < -0.39 is 0 Å². The number of anilines is 1. The van der Waals surface area contributed by atoms with Crippen LogP contribution in [-0.4, -0.2) is 65.4 Å². The smallest absolute Gasteiger partial charge is 0.193 e. The number of guanidine groups is 1. The molecule has 2 aromatic rings. The van der Waals surface area contributed by atoms with E-state index in [0.717, 1.165) is 70.3 Å². The van der Waals surface area contributed by atoms with Gasteiger partial charge < -0.3 is 19.7 Å². The molecular weight excluding hydrogens is 497 g/mol. The Bertz CT molecular complexity index is 766. The van der Waals surface area contributed by atoms with Crippen LogP contribution in [0.25, 0.3) is 0 Å². The number of nitrogens with zero attached hydrogens (tertiary/aromatic N) is 6. The molecule has 9 heteroatoms. The van der Waals surface area contributed by atoms with Gasteiger partial charge in [-0.15, -0.1) is 45.5 Å². The zero-order chi connectivity index (χ0) is 19.2. The first-order valence-electron chi connectivity index (χ1n) is 10.5. The molecule has 0 amide bonds. The second-order valence-electron chi connectivity index (χ2n) is 7.50. The van der Waals surface area contributed by atoms with Gasteiger partial charge >= 0.3 is 0 Å². The minimum Gasteiger partial charge on any atom is -0.360 e. The van der Waals surface area contributed by atoms with Gasteiger partial charge in [-0.25, -0.2) is 0 Å². The van der Waals surface area contributed by atoms with E-state index in [1.807, 2.05) is 18.4 Å². The molecule has 2 aliphatic heterocycles. The Kier molecular flexibility index (Phi) is 8.58. The second kappa shape index (κ2) is 11.1. The number of piperazine rings is 1. The average Bonchev–Trinajstić information content (AvgIpc) is 3.34. The molecule has 1 saturated heterocycles. The first kappa shape index (κ1) is 22.3. The van der Waals surface area contributed by atoms with Crippen LogP contribution in [0.3, 0.4) is 0 Å². The van der Waals surface area contributed by atoms with Crippen LogP contribution in [0.15, 0.2) is 22.5 Å². The zero-order valence-corrected chi connectivity index (χ0v) is 20.4. The minimum atomic E-state index is 0. The lowest BCUT2D eigenvalue weighted by Gasteiger charge is -2.37. The largest absolute Gasteiger partial charge is 0.360 e. The van der Waals surface area contributed by atoms with E-state index in [4.69, 9.17) is 0 Å². The number of thiophene rings is 1. The van der Waals surface area contributed by atoms with Crippen LogP contribution in [0.2, 0.25) is 0 Å². The van der Waals surface area contributed by atoms with Gasteiger partial charge in [0.1, 0.15) is 11.6 Å². The highest BCUT2D eigenvalue weighted by atomic mass is 127. The van der Waals surface area contributed by atoms with E-state index in [1.54, 1.807) is 0 Å².